The van der Waals surface area contributed by atoms with Crippen molar-refractivity contribution in [2.24, 2.45) is 7.05 Å². The largest absolute Gasteiger partial charge is 0.454 e. The Morgan fingerprint density at radius 3 is 1.77 bits per heavy atom. The molecule has 0 saturated heterocycles. The van der Waals surface area contributed by atoms with Gasteiger partial charge in [-0.3, -0.25) is 0 Å². The Labute approximate surface area is 249 Å². The van der Waals surface area contributed by atoms with Crippen molar-refractivity contribution in [1.29, 1.82) is 5.26 Å². The third-order valence-corrected chi connectivity index (χ3v) is 8.31. The molecular formula is C39H28FN2O+. The van der Waals surface area contributed by atoms with Crippen LogP contribution < -0.4 is 4.57 Å². The molecule has 7 rings (SSSR count). The summed E-state index contributed by atoms with van der Waals surface area (Å²) in [6.07, 6.45) is 1.50. The number of nitrogens with zero attached hydrogens (tertiary/aromatic N) is 2. The van der Waals surface area contributed by atoms with E-state index in [0.29, 0.717) is 16.7 Å². The average Bonchev–Trinajstić information content (AvgIpc) is 3.42. The van der Waals surface area contributed by atoms with Crippen LogP contribution in [-0.4, -0.2) is 0 Å². The standard InChI is InChI=1S/C39H28FN2O/c1-24-9-19-32-33-20-18-31(22-41)37(39(33)43-38(32)36(24)35-21-25(2)34(40)23-42(35)3)30-16-14-29(15-17-30)28-12-10-27(11-13-28)26-7-5-4-6-8-26/h4-21,23H,1-3H3/q+1. The number of furan rings is 1. The molecule has 2 heterocycles. The molecule has 0 bridgehead atoms. The second kappa shape index (κ2) is 10.4. The normalized spacial score (nSPS) is 11.2. The number of hydrogen-bond acceptors (Lipinski definition) is 2. The minimum atomic E-state index is -0.253. The first-order valence-corrected chi connectivity index (χ1v) is 14.2. The molecule has 7 aromatic rings. The van der Waals surface area contributed by atoms with Gasteiger partial charge < -0.3 is 4.42 Å². The second-order valence-corrected chi connectivity index (χ2v) is 11.0. The number of halogens is 1. The molecule has 0 unspecified atom stereocenters. The zero-order valence-electron chi connectivity index (χ0n) is 24.2. The fraction of sp³-hybridized carbons (Fsp3) is 0.0769. The van der Waals surface area contributed by atoms with Gasteiger partial charge in [-0.25, -0.2) is 4.39 Å². The molecule has 3 nitrogen and oxygen atoms in total. The molecule has 4 heteroatoms. The van der Waals surface area contributed by atoms with Crippen molar-refractivity contribution in [2.75, 3.05) is 0 Å². The lowest BCUT2D eigenvalue weighted by Crippen LogP contribution is -2.31. The Balaban J connectivity index is 1.35. The summed E-state index contributed by atoms with van der Waals surface area (Å²) < 4.78 is 22.8. The first-order valence-electron chi connectivity index (χ1n) is 14.2. The maximum Gasteiger partial charge on any atom is 0.216 e. The van der Waals surface area contributed by atoms with Gasteiger partial charge in [0.2, 0.25) is 11.9 Å². The number of rotatable bonds is 4. The molecule has 0 N–H and O–H groups in total. The van der Waals surface area contributed by atoms with E-state index in [1.54, 1.807) is 11.5 Å². The minimum Gasteiger partial charge on any atom is -0.454 e. The lowest BCUT2D eigenvalue weighted by Gasteiger charge is -2.08. The summed E-state index contributed by atoms with van der Waals surface area (Å²) in [4.78, 5) is 0. The van der Waals surface area contributed by atoms with Crippen molar-refractivity contribution >= 4 is 21.9 Å². The van der Waals surface area contributed by atoms with E-state index >= 15 is 0 Å². The van der Waals surface area contributed by atoms with Crippen molar-refractivity contribution in [3.8, 4) is 50.7 Å². The van der Waals surface area contributed by atoms with Crippen LogP contribution >= 0.6 is 0 Å². The summed E-state index contributed by atoms with van der Waals surface area (Å²) in [6, 6.07) is 39.4. The van der Waals surface area contributed by atoms with Crippen molar-refractivity contribution in [2.45, 2.75) is 13.8 Å². The zero-order valence-corrected chi connectivity index (χ0v) is 24.2. The fourth-order valence-electron chi connectivity index (χ4n) is 5.98. The Kier molecular flexibility index (Phi) is 6.37. The number of pyridine rings is 1. The summed E-state index contributed by atoms with van der Waals surface area (Å²) >= 11 is 0. The monoisotopic (exact) mass is 559 g/mol. The van der Waals surface area contributed by atoms with Crippen LogP contribution in [0.5, 0.6) is 0 Å². The molecule has 0 fully saturated rings. The highest BCUT2D eigenvalue weighted by molar-refractivity contribution is 6.14. The van der Waals surface area contributed by atoms with Crippen LogP contribution in [0.2, 0.25) is 0 Å². The summed E-state index contributed by atoms with van der Waals surface area (Å²) in [5.74, 6) is -0.253. The molecule has 0 amide bonds. The van der Waals surface area contributed by atoms with Gasteiger partial charge in [-0.05, 0) is 64.9 Å². The van der Waals surface area contributed by atoms with E-state index in [1.165, 1.54) is 17.3 Å². The Hall–Kier alpha value is -5.53. The van der Waals surface area contributed by atoms with Crippen molar-refractivity contribution in [3.05, 3.63) is 138 Å². The van der Waals surface area contributed by atoms with Crippen molar-refractivity contribution in [3.63, 3.8) is 0 Å². The van der Waals surface area contributed by atoms with Crippen LogP contribution in [0.15, 0.2) is 120 Å². The maximum atomic E-state index is 14.3. The molecule has 206 valence electrons. The second-order valence-electron chi connectivity index (χ2n) is 11.0. The average molecular weight is 560 g/mol. The van der Waals surface area contributed by atoms with Gasteiger partial charge in [0.25, 0.3) is 0 Å². The van der Waals surface area contributed by atoms with Crippen LogP contribution in [-0.2, 0) is 7.05 Å². The van der Waals surface area contributed by atoms with Gasteiger partial charge in [-0.2, -0.15) is 9.83 Å². The molecule has 2 aromatic heterocycles. The van der Waals surface area contributed by atoms with E-state index in [4.69, 9.17) is 4.42 Å². The van der Waals surface area contributed by atoms with Crippen LogP contribution in [0.3, 0.4) is 0 Å². The van der Waals surface area contributed by atoms with Gasteiger partial charge in [0.05, 0.1) is 17.2 Å². The van der Waals surface area contributed by atoms with Gasteiger partial charge in [0.15, 0.2) is 5.82 Å². The molecule has 43 heavy (non-hydrogen) atoms. The predicted molar refractivity (Wildman–Crippen MR) is 171 cm³/mol. The number of benzene rings is 5. The topological polar surface area (TPSA) is 40.8 Å². The first kappa shape index (κ1) is 26.4. The van der Waals surface area contributed by atoms with Gasteiger partial charge in [0.1, 0.15) is 18.2 Å². The summed E-state index contributed by atoms with van der Waals surface area (Å²) in [5, 5.41) is 12.0. The van der Waals surface area contributed by atoms with Gasteiger partial charge in [-0.1, -0.05) is 91.0 Å². The lowest BCUT2D eigenvalue weighted by atomic mass is 9.94. The predicted octanol–water partition coefficient (Wildman–Crippen LogP) is 9.71. The minimum absolute atomic E-state index is 0.253. The van der Waals surface area contributed by atoms with Crippen molar-refractivity contribution < 1.29 is 13.4 Å². The molecule has 0 aliphatic heterocycles. The van der Waals surface area contributed by atoms with Gasteiger partial charge in [0, 0.05) is 22.4 Å². The van der Waals surface area contributed by atoms with Crippen LogP contribution in [0.4, 0.5) is 4.39 Å². The van der Waals surface area contributed by atoms with Crippen LogP contribution in [0.1, 0.15) is 16.7 Å². The van der Waals surface area contributed by atoms with Crippen LogP contribution in [0, 0.1) is 31.0 Å². The van der Waals surface area contributed by atoms with E-state index in [-0.39, 0.29) is 5.82 Å². The number of nitriles is 1. The van der Waals surface area contributed by atoms with E-state index < -0.39 is 0 Å². The van der Waals surface area contributed by atoms with Crippen LogP contribution in [0.25, 0.3) is 66.6 Å². The van der Waals surface area contributed by atoms with E-state index in [9.17, 15) is 9.65 Å². The Morgan fingerprint density at radius 2 is 1.16 bits per heavy atom. The molecular weight excluding hydrogens is 531 g/mol. The highest BCUT2D eigenvalue weighted by Gasteiger charge is 2.24. The molecule has 5 aromatic carbocycles. The molecule has 0 spiro atoms. The number of aromatic nitrogens is 1. The van der Waals surface area contributed by atoms with Gasteiger partial charge >= 0.3 is 0 Å². The smallest absolute Gasteiger partial charge is 0.216 e. The third kappa shape index (κ3) is 4.47. The molecule has 0 saturated carbocycles. The summed E-state index contributed by atoms with van der Waals surface area (Å²) in [7, 11) is 1.84. The number of fused-ring (bicyclic) bond motifs is 3. The van der Waals surface area contributed by atoms with E-state index in [0.717, 1.165) is 55.4 Å². The highest BCUT2D eigenvalue weighted by Crippen LogP contribution is 2.42. The first-order chi connectivity index (χ1) is 20.9. The molecule has 0 radical (unpaired) electrons. The Morgan fingerprint density at radius 1 is 0.628 bits per heavy atom. The molecule has 0 aliphatic rings. The maximum absolute atomic E-state index is 14.3. The quantitative estimate of drug-likeness (QED) is 0.201. The SMILES string of the molecule is Cc1cc(-c2c(C)ccc3c2oc2c(-c4ccc(-c5ccc(-c6ccccc6)cc5)cc4)c(C#N)ccc23)[n+](C)cc1F. The van der Waals surface area contributed by atoms with E-state index in [2.05, 4.69) is 78.9 Å². The van der Waals surface area contributed by atoms with Crippen molar-refractivity contribution in [1.82, 2.24) is 0 Å². The zero-order chi connectivity index (χ0) is 29.7. The van der Waals surface area contributed by atoms with E-state index in [1.807, 2.05) is 50.4 Å². The highest BCUT2D eigenvalue weighted by atomic mass is 19.1. The van der Waals surface area contributed by atoms with Gasteiger partial charge in [-0.15, -0.1) is 0 Å². The summed E-state index contributed by atoms with van der Waals surface area (Å²) in [6.45, 7) is 3.80. The molecule has 0 atom stereocenters. The Bertz CT molecular complexity index is 2200. The number of hydrogen-bond donors (Lipinski definition) is 0. The molecule has 0 aliphatic carbocycles. The number of aryl methyl sites for hydroxylation is 3. The third-order valence-electron chi connectivity index (χ3n) is 8.31. The summed E-state index contributed by atoms with van der Waals surface area (Å²) in [5.41, 5.74) is 11.6. The lowest BCUT2D eigenvalue weighted by molar-refractivity contribution is -0.662. The fourth-order valence-corrected chi connectivity index (χ4v) is 5.98.